The van der Waals surface area contributed by atoms with Crippen molar-refractivity contribution < 1.29 is 19.1 Å². The highest BCUT2D eigenvalue weighted by Crippen LogP contribution is 2.28. The summed E-state index contributed by atoms with van der Waals surface area (Å²) in [7, 11) is 0. The van der Waals surface area contributed by atoms with Gasteiger partial charge in [0.15, 0.2) is 0 Å². The summed E-state index contributed by atoms with van der Waals surface area (Å²) in [6, 6.07) is 16.3. The average molecular weight is 696 g/mol. The molecule has 7 rings (SSSR count). The molecule has 4 aliphatic heterocycles. The Morgan fingerprint density at radius 3 is 2.16 bits per heavy atom. The molecule has 0 saturated carbocycles. The number of aromatic nitrogens is 2. The third-order valence-electron chi connectivity index (χ3n) is 10.2. The molecule has 51 heavy (non-hydrogen) atoms. The van der Waals surface area contributed by atoms with Gasteiger partial charge in [0.2, 0.25) is 11.9 Å². The molecule has 1 aromatic heterocycles. The van der Waals surface area contributed by atoms with Gasteiger partial charge in [0.05, 0.1) is 12.2 Å². The van der Waals surface area contributed by atoms with Gasteiger partial charge >= 0.3 is 12.1 Å². The van der Waals surface area contributed by atoms with E-state index in [1.807, 2.05) is 39.1 Å². The second kappa shape index (κ2) is 14.7. The summed E-state index contributed by atoms with van der Waals surface area (Å²) in [4.78, 5) is 56.4. The Labute approximate surface area is 299 Å². The molecule has 3 aromatic rings. The molecule has 2 N–H and O–H groups in total. The fraction of sp³-hybridized carbons (Fsp3) is 0.500. The molecular weight excluding hydrogens is 646 g/mol. The SMILES string of the molecule is CC(C)(C)OC(=O)N1CCc2cnc(Nc3ccc(N4CCC(CN5CCN(c6ccc(N7CCC(=O)NC7=O)cc6)CC5)CC4)cc3)nc2C1. The van der Waals surface area contributed by atoms with Gasteiger partial charge in [-0.05, 0) is 100 Å². The first-order valence-electron chi connectivity index (χ1n) is 18.2. The highest BCUT2D eigenvalue weighted by molar-refractivity contribution is 6.05. The van der Waals surface area contributed by atoms with Gasteiger partial charge < -0.3 is 24.8 Å². The summed E-state index contributed by atoms with van der Waals surface area (Å²) >= 11 is 0. The monoisotopic (exact) mass is 695 g/mol. The molecule has 270 valence electrons. The normalized spacial score (nSPS) is 19.1. The molecule has 13 nitrogen and oxygen atoms in total. The minimum atomic E-state index is -0.533. The second-order valence-corrected chi connectivity index (χ2v) is 15.0. The lowest BCUT2D eigenvalue weighted by molar-refractivity contribution is -0.120. The molecule has 4 aliphatic rings. The number of anilines is 5. The summed E-state index contributed by atoms with van der Waals surface area (Å²) in [5.74, 6) is 1.00. The van der Waals surface area contributed by atoms with E-state index in [2.05, 4.69) is 66.7 Å². The van der Waals surface area contributed by atoms with E-state index in [0.717, 1.165) is 68.4 Å². The van der Waals surface area contributed by atoms with E-state index in [0.29, 0.717) is 44.3 Å². The van der Waals surface area contributed by atoms with Gasteiger partial charge in [-0.3, -0.25) is 19.9 Å². The maximum Gasteiger partial charge on any atom is 0.410 e. The number of carbonyl (C=O) groups excluding carboxylic acids is 3. The molecule has 5 heterocycles. The third-order valence-corrected chi connectivity index (χ3v) is 10.2. The smallest absolute Gasteiger partial charge is 0.410 e. The number of ether oxygens (including phenoxy) is 1. The van der Waals surface area contributed by atoms with Crippen LogP contribution >= 0.6 is 0 Å². The Morgan fingerprint density at radius 2 is 1.49 bits per heavy atom. The molecule has 0 unspecified atom stereocenters. The molecule has 0 radical (unpaired) electrons. The van der Waals surface area contributed by atoms with E-state index >= 15 is 0 Å². The van der Waals surface area contributed by atoms with E-state index in [-0.39, 0.29) is 18.0 Å². The lowest BCUT2D eigenvalue weighted by Crippen LogP contribution is -2.49. The van der Waals surface area contributed by atoms with Gasteiger partial charge in [-0.1, -0.05) is 0 Å². The van der Waals surface area contributed by atoms with Crippen molar-refractivity contribution in [1.29, 1.82) is 0 Å². The van der Waals surface area contributed by atoms with Crippen LogP contribution in [0.4, 0.5) is 38.3 Å². The van der Waals surface area contributed by atoms with Crippen LogP contribution in [0.2, 0.25) is 0 Å². The van der Waals surface area contributed by atoms with Crippen molar-refractivity contribution in [3.8, 4) is 0 Å². The van der Waals surface area contributed by atoms with Crippen LogP contribution in [0.25, 0.3) is 0 Å². The van der Waals surface area contributed by atoms with Crippen LogP contribution in [-0.2, 0) is 22.5 Å². The molecule has 3 fully saturated rings. The molecule has 0 spiro atoms. The number of fused-ring (bicyclic) bond motifs is 1. The maximum absolute atomic E-state index is 12.6. The number of urea groups is 1. The number of nitrogens with one attached hydrogen (secondary N) is 2. The van der Waals surface area contributed by atoms with Crippen LogP contribution in [0.1, 0.15) is 51.3 Å². The Morgan fingerprint density at radius 1 is 0.843 bits per heavy atom. The summed E-state index contributed by atoms with van der Waals surface area (Å²) < 4.78 is 5.56. The van der Waals surface area contributed by atoms with Gasteiger partial charge in [-0.25, -0.2) is 19.6 Å². The number of benzene rings is 2. The number of hydrogen-bond donors (Lipinski definition) is 2. The zero-order chi connectivity index (χ0) is 35.5. The first kappa shape index (κ1) is 34.5. The summed E-state index contributed by atoms with van der Waals surface area (Å²) in [5.41, 5.74) is 5.52. The fourth-order valence-corrected chi connectivity index (χ4v) is 7.31. The number of hydrogen-bond acceptors (Lipinski definition) is 10. The molecular formula is C38H49N9O4. The van der Waals surface area contributed by atoms with Gasteiger partial charge in [-0.15, -0.1) is 0 Å². The zero-order valence-corrected chi connectivity index (χ0v) is 29.9. The molecule has 0 aliphatic carbocycles. The van der Waals surface area contributed by atoms with E-state index in [1.54, 1.807) is 9.80 Å². The number of piperidine rings is 1. The van der Waals surface area contributed by atoms with Crippen molar-refractivity contribution in [2.24, 2.45) is 5.92 Å². The number of piperazine rings is 1. The number of nitrogens with zero attached hydrogens (tertiary/aromatic N) is 7. The number of rotatable bonds is 7. The molecule has 0 bridgehead atoms. The van der Waals surface area contributed by atoms with Gasteiger partial charge in [0.1, 0.15) is 5.60 Å². The fourth-order valence-electron chi connectivity index (χ4n) is 7.31. The molecule has 2 aromatic carbocycles. The van der Waals surface area contributed by atoms with E-state index in [1.165, 1.54) is 24.2 Å². The highest BCUT2D eigenvalue weighted by atomic mass is 16.6. The quantitative estimate of drug-likeness (QED) is 0.349. The summed E-state index contributed by atoms with van der Waals surface area (Å²) in [6.45, 7) is 14.4. The second-order valence-electron chi connectivity index (χ2n) is 15.0. The van der Waals surface area contributed by atoms with E-state index in [4.69, 9.17) is 9.72 Å². The minimum absolute atomic E-state index is 0.216. The van der Waals surface area contributed by atoms with Crippen LogP contribution in [-0.4, -0.2) is 102 Å². The van der Waals surface area contributed by atoms with E-state index in [9.17, 15) is 14.4 Å². The standard InChI is InChI=1S/C38H49N9O4/c1-38(2,3)51-37(50)46-18-14-28-24-39-35(41-33(28)26-46)40-29-4-6-30(7-5-29)44-16-12-27(13-17-44)25-43-20-22-45(23-21-43)31-8-10-32(11-9-31)47-19-15-34(48)42-36(47)49/h4-11,24,27H,12-23,25-26H2,1-3H3,(H,39,40,41)(H,42,48,49). The zero-order valence-electron chi connectivity index (χ0n) is 29.9. The van der Waals surface area contributed by atoms with E-state index < -0.39 is 5.60 Å². The molecule has 4 amide bonds. The van der Waals surface area contributed by atoms with Crippen LogP contribution in [0.15, 0.2) is 54.7 Å². The topological polar surface area (TPSA) is 126 Å². The Hall–Kier alpha value is -4.91. The van der Waals surface area contributed by atoms with Crippen molar-refractivity contribution in [2.45, 2.75) is 58.6 Å². The lowest BCUT2D eigenvalue weighted by atomic mass is 9.95. The lowest BCUT2D eigenvalue weighted by Gasteiger charge is -2.40. The highest BCUT2D eigenvalue weighted by Gasteiger charge is 2.28. The Kier molecular flexibility index (Phi) is 9.99. The summed E-state index contributed by atoms with van der Waals surface area (Å²) in [6.07, 6.45) is 4.95. The molecule has 0 atom stereocenters. The number of carbonyl (C=O) groups is 3. The Bertz CT molecular complexity index is 1710. The van der Waals surface area contributed by atoms with Crippen LogP contribution in [0.5, 0.6) is 0 Å². The van der Waals surface area contributed by atoms with Gasteiger partial charge in [0, 0.05) is 94.3 Å². The predicted molar refractivity (Wildman–Crippen MR) is 198 cm³/mol. The van der Waals surface area contributed by atoms with Crippen molar-refractivity contribution in [1.82, 2.24) is 25.1 Å². The third kappa shape index (κ3) is 8.53. The summed E-state index contributed by atoms with van der Waals surface area (Å²) in [5, 5.41) is 5.73. The largest absolute Gasteiger partial charge is 0.444 e. The van der Waals surface area contributed by atoms with Crippen molar-refractivity contribution in [3.05, 3.63) is 66.0 Å². The van der Waals surface area contributed by atoms with Gasteiger partial charge in [0.25, 0.3) is 0 Å². The van der Waals surface area contributed by atoms with Crippen LogP contribution in [0.3, 0.4) is 0 Å². The Balaban J connectivity index is 0.842. The first-order chi connectivity index (χ1) is 24.6. The van der Waals surface area contributed by atoms with Gasteiger partial charge in [-0.2, -0.15) is 0 Å². The first-order valence-corrected chi connectivity index (χ1v) is 18.2. The van der Waals surface area contributed by atoms with Crippen LogP contribution < -0.4 is 25.3 Å². The number of amides is 4. The minimum Gasteiger partial charge on any atom is -0.444 e. The van der Waals surface area contributed by atoms with Crippen molar-refractivity contribution in [2.75, 3.05) is 78.9 Å². The molecule has 3 saturated heterocycles. The predicted octanol–water partition coefficient (Wildman–Crippen LogP) is 5.00. The maximum atomic E-state index is 12.6. The van der Waals surface area contributed by atoms with Crippen molar-refractivity contribution >= 4 is 46.7 Å². The average Bonchev–Trinajstić information content (AvgIpc) is 3.12. The van der Waals surface area contributed by atoms with Crippen LogP contribution in [0, 0.1) is 5.92 Å². The van der Waals surface area contributed by atoms with Crippen molar-refractivity contribution in [3.63, 3.8) is 0 Å². The number of imide groups is 1. The molecule has 13 heteroatoms.